The third-order valence-corrected chi connectivity index (χ3v) is 19.5. The van der Waals surface area contributed by atoms with Crippen molar-refractivity contribution in [3.05, 3.63) is 94.0 Å². The first-order valence-electron chi connectivity index (χ1n) is 26.2. The minimum Gasteiger partial charge on any atom is -0.493 e. The summed E-state index contributed by atoms with van der Waals surface area (Å²) >= 11 is 8.00. The molecule has 0 saturated heterocycles. The van der Waals surface area contributed by atoms with Gasteiger partial charge in [-0.25, -0.2) is 4.98 Å². The quantitative estimate of drug-likeness (QED) is 0.0103. The summed E-state index contributed by atoms with van der Waals surface area (Å²) in [6.07, 6.45) is -0.407. The lowest BCUT2D eigenvalue weighted by Gasteiger charge is -2.13. The number of azo groups is 4. The van der Waals surface area contributed by atoms with Crippen molar-refractivity contribution in [2.45, 2.75) is 73.5 Å². The summed E-state index contributed by atoms with van der Waals surface area (Å²) in [4.78, 5) is 29.1. The number of nitriles is 1. The van der Waals surface area contributed by atoms with E-state index in [2.05, 4.69) is 56.5 Å². The molecule has 0 aliphatic carbocycles. The molecule has 0 radical (unpaired) electrons. The van der Waals surface area contributed by atoms with Crippen molar-refractivity contribution in [3.8, 4) is 17.7 Å². The molecule has 0 fully saturated rings. The second-order valence-corrected chi connectivity index (χ2v) is 29.8. The van der Waals surface area contributed by atoms with E-state index in [4.69, 9.17) is 16.3 Å². The van der Waals surface area contributed by atoms with Gasteiger partial charge in [0.2, 0.25) is 17.7 Å². The molecule has 8 N–H and O–H groups in total. The van der Waals surface area contributed by atoms with Crippen LogP contribution in [0.5, 0.6) is 11.6 Å². The zero-order valence-corrected chi connectivity index (χ0v) is 54.8. The molecule has 2 aromatic heterocycles. The Balaban J connectivity index is 1.34. The average molecular weight is 1420 g/mol. The van der Waals surface area contributed by atoms with Crippen molar-refractivity contribution in [2.75, 3.05) is 46.0 Å². The number of carbonyl (C=O) groups is 2. The molecule has 5 aromatic carbocycles. The van der Waals surface area contributed by atoms with Crippen LogP contribution in [0.1, 0.15) is 55.4 Å². The topological polar surface area (TPSA) is 499 Å². The van der Waals surface area contributed by atoms with Gasteiger partial charge in [-0.2, -0.15) is 57.6 Å². The molecule has 0 aliphatic rings. The molecular weight excluding hydrogens is 1370 g/mol. The van der Waals surface area contributed by atoms with Crippen LogP contribution in [0.3, 0.4) is 0 Å². The van der Waals surface area contributed by atoms with Crippen molar-refractivity contribution in [1.82, 2.24) is 9.38 Å². The number of hydrogen-bond acceptors (Lipinski definition) is 26. The third kappa shape index (κ3) is 19.1. The van der Waals surface area contributed by atoms with Gasteiger partial charge >= 0.3 is 0 Å². The molecule has 0 unspecified atom stereocenters. The van der Waals surface area contributed by atoms with E-state index < -0.39 is 95.3 Å². The summed E-state index contributed by atoms with van der Waals surface area (Å²) < 4.78 is 173. The Morgan fingerprint density at radius 3 is 1.62 bits per heavy atom. The summed E-state index contributed by atoms with van der Waals surface area (Å²) in [6.45, 7) is 6.40. The first-order chi connectivity index (χ1) is 42.9. The summed E-state index contributed by atoms with van der Waals surface area (Å²) in [6, 6.07) is 15.9. The van der Waals surface area contributed by atoms with E-state index in [1.165, 1.54) is 76.2 Å². The number of ether oxygens (including phenoxy) is 1. The molecule has 40 heteroatoms. The normalized spacial score (nSPS) is 12.7. The molecule has 0 aliphatic heterocycles. The molecule has 7 rings (SSSR count). The fourth-order valence-electron chi connectivity index (χ4n) is 8.40. The van der Waals surface area contributed by atoms with Crippen LogP contribution < -0.4 is 15.4 Å². The monoisotopic (exact) mass is 1420 g/mol. The van der Waals surface area contributed by atoms with Gasteiger partial charge in [-0.1, -0.05) is 11.6 Å². The maximum absolute atomic E-state index is 12.8. The Kier molecular flexibility index (Phi) is 22.8. The van der Waals surface area contributed by atoms with Gasteiger partial charge in [0.15, 0.2) is 11.3 Å². The number of amides is 2. The first-order valence-corrected chi connectivity index (χ1v) is 36.3. The molecule has 0 saturated carbocycles. The predicted octanol–water partition coefficient (Wildman–Crippen LogP) is 12.1. The van der Waals surface area contributed by atoms with Crippen molar-refractivity contribution in [1.29, 1.82) is 5.26 Å². The number of pyridine rings is 1. The van der Waals surface area contributed by atoms with E-state index in [1.807, 2.05) is 6.07 Å². The zero-order chi connectivity index (χ0) is 67.8. The van der Waals surface area contributed by atoms with Crippen LogP contribution in [-0.2, 0) is 60.2 Å². The first kappa shape index (κ1) is 71.5. The second kappa shape index (κ2) is 29.3. The highest BCUT2D eigenvalue weighted by Gasteiger charge is 2.26. The Morgan fingerprint density at radius 2 is 1.11 bits per heavy atom. The van der Waals surface area contributed by atoms with Crippen LogP contribution in [0, 0.1) is 32.1 Å². The van der Waals surface area contributed by atoms with Crippen LogP contribution >= 0.6 is 35.1 Å². The Labute approximate surface area is 538 Å². The van der Waals surface area contributed by atoms with Gasteiger partial charge in [-0.3, -0.25) is 36.8 Å². The lowest BCUT2D eigenvalue weighted by molar-refractivity contribution is -0.115. The summed E-state index contributed by atoms with van der Waals surface area (Å²) in [5, 5.41) is 61.6. The number of benzene rings is 5. The molecule has 2 amide bonds. The highest BCUT2D eigenvalue weighted by molar-refractivity contribution is 7.99. The van der Waals surface area contributed by atoms with Crippen LogP contribution in [-0.4, -0.2) is 127 Å². The number of imidazole rings is 1. The third-order valence-electron chi connectivity index (χ3n) is 12.5. The second-order valence-electron chi connectivity index (χ2n) is 19.6. The summed E-state index contributed by atoms with van der Waals surface area (Å²) in [7, 11) is -22.8. The van der Waals surface area contributed by atoms with Crippen LogP contribution in [0.2, 0.25) is 5.02 Å². The highest BCUT2D eigenvalue weighted by atomic mass is 35.5. The van der Waals surface area contributed by atoms with Gasteiger partial charge in [-0.05, 0) is 123 Å². The van der Waals surface area contributed by atoms with Gasteiger partial charge in [-0.15, -0.1) is 54.2 Å². The lowest BCUT2D eigenvalue weighted by Crippen LogP contribution is -2.08. The number of rotatable bonds is 27. The molecule has 0 bridgehead atoms. The van der Waals surface area contributed by atoms with Crippen LogP contribution in [0.25, 0.3) is 16.7 Å². The van der Waals surface area contributed by atoms with E-state index in [0.29, 0.717) is 5.56 Å². The van der Waals surface area contributed by atoms with Crippen LogP contribution in [0.15, 0.2) is 127 Å². The number of halogens is 1. The molecule has 0 atom stereocenters. The maximum Gasteiger partial charge on any atom is 0.296 e. The number of fused-ring (bicyclic) bond motifs is 3. The fourth-order valence-corrected chi connectivity index (χ4v) is 13.9. The number of nitrogens with one attached hydrogen (secondary N) is 2. The SMILES string of the molecule is CC(=O)Nc1cc(N=Nc2cc(SCCCS(=O)(=O)O)c(N=Nc3cc(OCCCS(=O)(=O)O)c(N=Nc4c(C)c(C#N)c5nc6c(C)c(S(=O)(=O)O)ccc6n5c4O)cc3C)cc2NC(C)=O)c(SCCCS(=O)(=O)O)cc1N=Nc1ccc(Cl)c(S(=O)(=O)O)c1. The minimum absolute atomic E-state index is 0.0000313. The molecule has 2 heterocycles. The van der Waals surface area contributed by atoms with E-state index in [0.717, 1.165) is 46.1 Å². The molecule has 7 aromatic rings. The smallest absolute Gasteiger partial charge is 0.296 e. The maximum atomic E-state index is 12.8. The number of aromatic hydroxyl groups is 1. The zero-order valence-electron chi connectivity index (χ0n) is 48.4. The Hall–Kier alpha value is -7.98. The number of aryl methyl sites for hydroxylation is 2. The lowest BCUT2D eigenvalue weighted by atomic mass is 10.1. The summed E-state index contributed by atoms with van der Waals surface area (Å²) in [5.41, 5.74) is -0.0586. The number of nitrogens with zero attached hydrogens (tertiary/aromatic N) is 11. The molecule has 0 spiro atoms. The van der Waals surface area contributed by atoms with E-state index >= 15 is 0 Å². The van der Waals surface area contributed by atoms with E-state index in [-0.39, 0.29) is 148 Å². The highest BCUT2D eigenvalue weighted by Crippen LogP contribution is 2.46. The molecular formula is C52H52ClN13O19S7. The van der Waals surface area contributed by atoms with Gasteiger partial charge in [0.25, 0.3) is 50.6 Å². The standard InChI is InChI=1S/C52H52ClN13O19S7/c1-27-19-40(62-65-50-28(2)33(26-54)51-57-49-29(3)47(91(79,80)81)12-11-43(49)66(51)52(50)69)44(85-13-6-16-88(70,71)72)23-35(27)59-63-41-22-37(56-31(5)68)39(25-46(41)87-15-8-18-90(76,77)78)61-64-42-21-36(55-30(4)67)38(24-45(42)86-14-7-17-89(73,74)75)60-58-32-9-10-34(53)48(20-32)92(82,83)84/h9-12,19-25,69H,6-8,13-18H2,1-5H3,(H,55,67)(H,56,68)(H,70,71,72)(H,73,74,75)(H,76,77,78)(H,79,80,81)(H,82,83,84). The molecule has 32 nitrogen and oxygen atoms in total. The van der Waals surface area contributed by atoms with Gasteiger partial charge in [0.05, 0.1) is 67.6 Å². The van der Waals surface area contributed by atoms with Crippen LogP contribution in [0.4, 0.5) is 56.9 Å². The summed E-state index contributed by atoms with van der Waals surface area (Å²) in [5.74, 6) is -3.84. The molecule has 92 heavy (non-hydrogen) atoms. The molecule has 488 valence electrons. The van der Waals surface area contributed by atoms with Crippen molar-refractivity contribution in [2.24, 2.45) is 40.9 Å². The van der Waals surface area contributed by atoms with E-state index in [9.17, 15) is 84.8 Å². The predicted molar refractivity (Wildman–Crippen MR) is 339 cm³/mol. The average Bonchev–Trinajstić information content (AvgIpc) is 1.57. The fraction of sp³-hybridized carbons (Fsp3) is 0.269. The Bertz CT molecular complexity index is 4910. The van der Waals surface area contributed by atoms with Gasteiger partial charge in [0.1, 0.15) is 50.7 Å². The van der Waals surface area contributed by atoms with Crippen molar-refractivity contribution < 1.29 is 84.3 Å². The minimum atomic E-state index is -4.80. The number of hydrogen-bond donors (Lipinski definition) is 8. The number of aromatic nitrogens is 2. The Morgan fingerprint density at radius 1 is 0.609 bits per heavy atom. The number of anilines is 2. The number of carbonyl (C=O) groups excluding carboxylic acids is 2. The van der Waals surface area contributed by atoms with Gasteiger partial charge in [0, 0.05) is 35.3 Å². The number of thioether (sulfide) groups is 2. The van der Waals surface area contributed by atoms with Gasteiger partial charge < -0.3 is 20.5 Å². The largest absolute Gasteiger partial charge is 0.493 e. The van der Waals surface area contributed by atoms with Crippen molar-refractivity contribution in [3.63, 3.8) is 0 Å². The van der Waals surface area contributed by atoms with Crippen molar-refractivity contribution >= 4 is 171 Å². The van der Waals surface area contributed by atoms with E-state index in [1.54, 1.807) is 6.92 Å².